The van der Waals surface area contributed by atoms with Gasteiger partial charge in [-0.15, -0.1) is 0 Å². The highest BCUT2D eigenvalue weighted by Gasteiger charge is 2.09. The monoisotopic (exact) mass is 333 g/mol. The SMILES string of the molecule is CCCNC(CCSC)Cc1ccc(F)c(Br)c1. The van der Waals surface area contributed by atoms with Crippen LogP contribution in [0.25, 0.3) is 0 Å². The number of halogens is 2. The molecule has 0 bridgehead atoms. The Balaban J connectivity index is 2.59. The highest BCUT2D eigenvalue weighted by atomic mass is 79.9. The number of thioether (sulfide) groups is 1. The second-order valence-corrected chi connectivity index (χ2v) is 6.23. The van der Waals surface area contributed by atoms with Crippen LogP contribution < -0.4 is 5.32 Å². The van der Waals surface area contributed by atoms with E-state index >= 15 is 0 Å². The molecule has 18 heavy (non-hydrogen) atoms. The normalized spacial score (nSPS) is 12.7. The quantitative estimate of drug-likeness (QED) is 0.763. The second kappa shape index (κ2) is 8.94. The van der Waals surface area contributed by atoms with Gasteiger partial charge in [-0.2, -0.15) is 11.8 Å². The summed E-state index contributed by atoms with van der Waals surface area (Å²) in [5.74, 6) is 0.963. The summed E-state index contributed by atoms with van der Waals surface area (Å²) in [6.45, 7) is 3.22. The van der Waals surface area contributed by atoms with Gasteiger partial charge in [0.15, 0.2) is 0 Å². The summed E-state index contributed by atoms with van der Waals surface area (Å²) < 4.78 is 13.7. The molecule has 1 nitrogen and oxygen atoms in total. The Morgan fingerprint density at radius 3 is 2.83 bits per heavy atom. The van der Waals surface area contributed by atoms with Gasteiger partial charge >= 0.3 is 0 Å². The van der Waals surface area contributed by atoms with Gasteiger partial charge in [0.25, 0.3) is 0 Å². The van der Waals surface area contributed by atoms with E-state index in [0.29, 0.717) is 10.5 Å². The van der Waals surface area contributed by atoms with Gasteiger partial charge in [-0.25, -0.2) is 4.39 Å². The van der Waals surface area contributed by atoms with Crippen molar-refractivity contribution in [1.29, 1.82) is 0 Å². The lowest BCUT2D eigenvalue weighted by atomic mass is 10.0. The van der Waals surface area contributed by atoms with Crippen molar-refractivity contribution in [1.82, 2.24) is 5.32 Å². The third kappa shape index (κ3) is 5.72. The lowest BCUT2D eigenvalue weighted by Crippen LogP contribution is -2.32. The molecule has 0 aromatic heterocycles. The first-order valence-electron chi connectivity index (χ1n) is 6.33. The van der Waals surface area contributed by atoms with Gasteiger partial charge in [-0.05, 0) is 71.4 Å². The molecule has 1 unspecified atom stereocenters. The van der Waals surface area contributed by atoms with Crippen LogP contribution in [0.15, 0.2) is 22.7 Å². The van der Waals surface area contributed by atoms with E-state index in [1.165, 1.54) is 11.6 Å². The number of nitrogens with one attached hydrogen (secondary N) is 1. The van der Waals surface area contributed by atoms with Gasteiger partial charge in [0.05, 0.1) is 4.47 Å². The van der Waals surface area contributed by atoms with Crippen LogP contribution in [-0.2, 0) is 6.42 Å². The molecule has 0 saturated carbocycles. The molecule has 1 rings (SSSR count). The van der Waals surface area contributed by atoms with Gasteiger partial charge < -0.3 is 5.32 Å². The number of benzene rings is 1. The molecule has 0 aliphatic carbocycles. The summed E-state index contributed by atoms with van der Waals surface area (Å²) in [7, 11) is 0. The zero-order valence-corrected chi connectivity index (χ0v) is 13.4. The van der Waals surface area contributed by atoms with Crippen molar-refractivity contribution in [2.45, 2.75) is 32.2 Å². The third-order valence-corrected chi connectivity index (χ3v) is 4.07. The van der Waals surface area contributed by atoms with Crippen LogP contribution in [0.3, 0.4) is 0 Å². The summed E-state index contributed by atoms with van der Waals surface area (Å²) in [5.41, 5.74) is 1.18. The Kier molecular flexibility index (Phi) is 7.95. The Hall–Kier alpha value is -0.0600. The smallest absolute Gasteiger partial charge is 0.137 e. The molecule has 0 radical (unpaired) electrons. The molecule has 4 heteroatoms. The highest BCUT2D eigenvalue weighted by molar-refractivity contribution is 9.10. The molecule has 0 aliphatic rings. The van der Waals surface area contributed by atoms with Crippen LogP contribution in [-0.4, -0.2) is 24.6 Å². The number of hydrogen-bond acceptors (Lipinski definition) is 2. The number of rotatable bonds is 8. The minimum absolute atomic E-state index is 0.194. The van der Waals surface area contributed by atoms with Gasteiger partial charge in [0, 0.05) is 6.04 Å². The minimum Gasteiger partial charge on any atom is -0.314 e. The second-order valence-electron chi connectivity index (χ2n) is 4.39. The molecule has 0 spiro atoms. The first-order valence-corrected chi connectivity index (χ1v) is 8.52. The van der Waals surface area contributed by atoms with Gasteiger partial charge in [0.1, 0.15) is 5.82 Å². The Morgan fingerprint density at radius 2 is 2.22 bits per heavy atom. The predicted octanol–water partition coefficient (Wildman–Crippen LogP) is 4.25. The van der Waals surface area contributed by atoms with Crippen LogP contribution >= 0.6 is 27.7 Å². The average molecular weight is 334 g/mol. The van der Waals surface area contributed by atoms with Crippen molar-refractivity contribution in [2.24, 2.45) is 0 Å². The van der Waals surface area contributed by atoms with Crippen LogP contribution in [0.2, 0.25) is 0 Å². The fourth-order valence-electron chi connectivity index (χ4n) is 1.84. The lowest BCUT2D eigenvalue weighted by Gasteiger charge is -2.18. The zero-order chi connectivity index (χ0) is 13.4. The molecule has 0 aliphatic heterocycles. The minimum atomic E-state index is -0.194. The van der Waals surface area contributed by atoms with Crippen molar-refractivity contribution >= 4 is 27.7 Å². The first kappa shape index (κ1) is 16.0. The Labute approximate surface area is 122 Å². The molecule has 1 atom stereocenters. The van der Waals surface area contributed by atoms with Crippen molar-refractivity contribution in [3.05, 3.63) is 34.1 Å². The maximum Gasteiger partial charge on any atom is 0.137 e. The Morgan fingerprint density at radius 1 is 1.44 bits per heavy atom. The van der Waals surface area contributed by atoms with Crippen molar-refractivity contribution in [3.63, 3.8) is 0 Å². The van der Waals surface area contributed by atoms with Crippen molar-refractivity contribution < 1.29 is 4.39 Å². The molecule has 0 amide bonds. The van der Waals surface area contributed by atoms with E-state index in [9.17, 15) is 4.39 Å². The summed E-state index contributed by atoms with van der Waals surface area (Å²) in [6, 6.07) is 5.77. The maximum atomic E-state index is 13.2. The van der Waals surface area contributed by atoms with E-state index in [4.69, 9.17) is 0 Å². The molecule has 1 aromatic carbocycles. The summed E-state index contributed by atoms with van der Waals surface area (Å²) in [5, 5.41) is 3.56. The largest absolute Gasteiger partial charge is 0.314 e. The molecule has 1 aromatic rings. The molecule has 0 fully saturated rings. The molecule has 102 valence electrons. The summed E-state index contributed by atoms with van der Waals surface area (Å²) >= 11 is 5.11. The fourth-order valence-corrected chi connectivity index (χ4v) is 2.78. The highest BCUT2D eigenvalue weighted by Crippen LogP contribution is 2.18. The van der Waals surface area contributed by atoms with Crippen LogP contribution in [0.1, 0.15) is 25.3 Å². The van der Waals surface area contributed by atoms with E-state index in [-0.39, 0.29) is 5.82 Å². The van der Waals surface area contributed by atoms with Gasteiger partial charge in [-0.3, -0.25) is 0 Å². The maximum absolute atomic E-state index is 13.2. The molecule has 0 saturated heterocycles. The summed E-state index contributed by atoms with van der Waals surface area (Å²) in [4.78, 5) is 0. The van der Waals surface area contributed by atoms with Gasteiger partial charge in [0.2, 0.25) is 0 Å². The predicted molar refractivity (Wildman–Crippen MR) is 82.9 cm³/mol. The first-order chi connectivity index (χ1) is 8.67. The van der Waals surface area contributed by atoms with Crippen LogP contribution in [0, 0.1) is 5.82 Å². The van der Waals surface area contributed by atoms with Gasteiger partial charge in [-0.1, -0.05) is 13.0 Å². The van der Waals surface area contributed by atoms with E-state index < -0.39 is 0 Å². The van der Waals surface area contributed by atoms with Crippen LogP contribution in [0.5, 0.6) is 0 Å². The topological polar surface area (TPSA) is 12.0 Å². The van der Waals surface area contributed by atoms with E-state index in [1.807, 2.05) is 23.9 Å². The molecular formula is C14H21BrFNS. The average Bonchev–Trinajstić information content (AvgIpc) is 2.37. The van der Waals surface area contributed by atoms with Crippen molar-refractivity contribution in [3.8, 4) is 0 Å². The van der Waals surface area contributed by atoms with E-state index in [2.05, 4.69) is 34.4 Å². The number of hydrogen-bond donors (Lipinski definition) is 1. The Bertz CT molecular complexity index is 352. The van der Waals surface area contributed by atoms with Crippen LogP contribution in [0.4, 0.5) is 4.39 Å². The standard InChI is InChI=1S/C14H21BrFNS/c1-3-7-17-12(6-8-18-2)9-11-4-5-14(16)13(15)10-11/h4-5,10,12,17H,3,6-9H2,1-2H3. The van der Waals surface area contributed by atoms with E-state index in [1.54, 1.807) is 0 Å². The fraction of sp³-hybridized carbons (Fsp3) is 0.571. The molecule has 1 N–H and O–H groups in total. The molecule has 0 heterocycles. The molecular weight excluding hydrogens is 313 g/mol. The summed E-state index contributed by atoms with van der Waals surface area (Å²) in [6.07, 6.45) is 5.38. The third-order valence-electron chi connectivity index (χ3n) is 2.82. The zero-order valence-electron chi connectivity index (χ0n) is 11.0. The van der Waals surface area contributed by atoms with Crippen molar-refractivity contribution in [2.75, 3.05) is 18.6 Å². The lowest BCUT2D eigenvalue weighted by molar-refractivity contribution is 0.497. The van der Waals surface area contributed by atoms with E-state index in [0.717, 1.165) is 31.6 Å².